The minimum atomic E-state index is -4.10. The highest BCUT2D eigenvalue weighted by molar-refractivity contribution is 7.92. The molecule has 2 aromatic rings. The topological polar surface area (TPSA) is 63.7 Å². The van der Waals surface area contributed by atoms with Crippen molar-refractivity contribution in [2.45, 2.75) is 55.8 Å². The average molecular weight is 452 g/mol. The van der Waals surface area contributed by atoms with Crippen LogP contribution in [0.4, 0.5) is 13.6 Å². The van der Waals surface area contributed by atoms with E-state index in [0.29, 0.717) is 0 Å². The molecule has 0 N–H and O–H groups in total. The Kier molecular flexibility index (Phi) is 6.15. The molecule has 0 saturated carbocycles. The van der Waals surface area contributed by atoms with Gasteiger partial charge in [-0.15, -0.1) is 0 Å². The summed E-state index contributed by atoms with van der Waals surface area (Å²) in [4.78, 5) is 13.9. The van der Waals surface area contributed by atoms with Crippen LogP contribution in [0.3, 0.4) is 0 Å². The summed E-state index contributed by atoms with van der Waals surface area (Å²) < 4.78 is 60.1. The van der Waals surface area contributed by atoms with Crippen LogP contribution in [-0.4, -0.2) is 38.1 Å². The van der Waals surface area contributed by atoms with Gasteiger partial charge in [-0.05, 0) is 70.9 Å². The standard InChI is InChI=1S/C23H27F2NO4S/c1-16-5-8-18(9-6-16)31(28,29)23(19-15-17(24)7-10-20(19)25)11-13-26(14-12-23)21(27)30-22(2,3)4/h5-10,15H,11-14H2,1-4H3. The molecule has 1 saturated heterocycles. The second-order valence-electron chi connectivity index (χ2n) is 8.90. The number of aryl methyl sites for hydroxylation is 1. The third kappa shape index (κ3) is 4.59. The van der Waals surface area contributed by atoms with Crippen molar-refractivity contribution in [2.75, 3.05) is 13.1 Å². The zero-order chi connectivity index (χ0) is 23.0. The Bertz CT molecular complexity index is 1070. The molecule has 1 heterocycles. The number of benzene rings is 2. The summed E-state index contributed by atoms with van der Waals surface area (Å²) in [6, 6.07) is 9.13. The van der Waals surface area contributed by atoms with E-state index in [1.54, 1.807) is 32.9 Å². The molecule has 0 bridgehead atoms. The molecule has 168 valence electrons. The molecule has 1 amide bonds. The van der Waals surface area contributed by atoms with Crippen LogP contribution in [0.15, 0.2) is 47.4 Å². The second kappa shape index (κ2) is 8.22. The van der Waals surface area contributed by atoms with Crippen molar-refractivity contribution >= 4 is 15.9 Å². The number of rotatable bonds is 3. The Hall–Kier alpha value is -2.48. The van der Waals surface area contributed by atoms with Crippen LogP contribution in [0, 0.1) is 18.6 Å². The van der Waals surface area contributed by atoms with E-state index < -0.39 is 37.9 Å². The number of piperidine rings is 1. The largest absolute Gasteiger partial charge is 0.444 e. The van der Waals surface area contributed by atoms with Gasteiger partial charge in [-0.3, -0.25) is 0 Å². The summed E-state index contributed by atoms with van der Waals surface area (Å²) >= 11 is 0. The van der Waals surface area contributed by atoms with Crippen molar-refractivity contribution in [3.8, 4) is 0 Å². The van der Waals surface area contributed by atoms with E-state index in [1.165, 1.54) is 17.0 Å². The Morgan fingerprint density at radius 3 is 2.16 bits per heavy atom. The van der Waals surface area contributed by atoms with Gasteiger partial charge < -0.3 is 9.64 Å². The molecular formula is C23H27F2NO4S. The first-order chi connectivity index (χ1) is 14.4. The van der Waals surface area contributed by atoms with Gasteiger partial charge in [0, 0.05) is 18.7 Å². The van der Waals surface area contributed by atoms with Gasteiger partial charge in [0.05, 0.1) is 4.90 Å². The smallest absolute Gasteiger partial charge is 0.410 e. The van der Waals surface area contributed by atoms with Crippen LogP contribution >= 0.6 is 0 Å². The number of amides is 1. The number of ether oxygens (including phenoxy) is 1. The SMILES string of the molecule is Cc1ccc(S(=O)(=O)C2(c3cc(F)ccc3F)CCN(C(=O)OC(C)(C)C)CC2)cc1. The lowest BCUT2D eigenvalue weighted by atomic mass is 9.88. The molecule has 0 aliphatic carbocycles. The molecule has 31 heavy (non-hydrogen) atoms. The van der Waals surface area contributed by atoms with E-state index in [2.05, 4.69) is 0 Å². The molecule has 0 aromatic heterocycles. The minimum Gasteiger partial charge on any atom is -0.444 e. The van der Waals surface area contributed by atoms with Crippen LogP contribution in [0.1, 0.15) is 44.7 Å². The summed E-state index contributed by atoms with van der Waals surface area (Å²) in [5, 5.41) is 0. The van der Waals surface area contributed by atoms with E-state index in [9.17, 15) is 22.0 Å². The number of halogens is 2. The number of carbonyl (C=O) groups excluding carboxylic acids is 1. The van der Waals surface area contributed by atoms with Crippen molar-refractivity contribution in [1.29, 1.82) is 0 Å². The minimum absolute atomic E-state index is 0.0347. The number of hydrogen-bond donors (Lipinski definition) is 0. The number of nitrogens with zero attached hydrogens (tertiary/aromatic N) is 1. The lowest BCUT2D eigenvalue weighted by molar-refractivity contribution is 0.0191. The summed E-state index contributed by atoms with van der Waals surface area (Å²) in [6.07, 6.45) is -0.723. The van der Waals surface area contributed by atoms with Gasteiger partial charge in [-0.2, -0.15) is 0 Å². The molecule has 0 spiro atoms. The fourth-order valence-electron chi connectivity index (χ4n) is 3.85. The predicted octanol–water partition coefficient (Wildman–Crippen LogP) is 4.97. The Labute approximate surface area is 181 Å². The van der Waals surface area contributed by atoms with E-state index in [0.717, 1.165) is 23.8 Å². The molecule has 8 heteroatoms. The summed E-state index contributed by atoms with van der Waals surface area (Å²) in [7, 11) is -4.10. The van der Waals surface area contributed by atoms with Crippen LogP contribution in [0.25, 0.3) is 0 Å². The summed E-state index contributed by atoms with van der Waals surface area (Å²) in [5.41, 5.74) is -0.0320. The number of likely N-dealkylation sites (tertiary alicyclic amines) is 1. The maximum absolute atomic E-state index is 14.9. The van der Waals surface area contributed by atoms with Crippen LogP contribution < -0.4 is 0 Å². The molecule has 0 atom stereocenters. The molecule has 2 aromatic carbocycles. The first-order valence-electron chi connectivity index (χ1n) is 10.1. The normalized spacial score (nSPS) is 16.8. The van der Waals surface area contributed by atoms with E-state index in [1.807, 2.05) is 6.92 Å². The van der Waals surface area contributed by atoms with Crippen LogP contribution in [0.5, 0.6) is 0 Å². The van der Waals surface area contributed by atoms with Gasteiger partial charge >= 0.3 is 6.09 Å². The van der Waals surface area contributed by atoms with Gasteiger partial charge in [0.25, 0.3) is 0 Å². The first-order valence-corrected chi connectivity index (χ1v) is 11.6. The third-order valence-corrected chi connectivity index (χ3v) is 8.04. The van der Waals surface area contributed by atoms with Gasteiger partial charge in [-0.25, -0.2) is 22.0 Å². The zero-order valence-corrected chi connectivity index (χ0v) is 18.9. The zero-order valence-electron chi connectivity index (χ0n) is 18.1. The number of carbonyl (C=O) groups is 1. The van der Waals surface area contributed by atoms with Gasteiger partial charge in [0.15, 0.2) is 9.84 Å². The van der Waals surface area contributed by atoms with Crippen LogP contribution in [-0.2, 0) is 19.3 Å². The molecule has 5 nitrogen and oxygen atoms in total. The maximum atomic E-state index is 14.9. The van der Waals surface area contributed by atoms with E-state index >= 15 is 0 Å². The summed E-state index contributed by atoms with van der Waals surface area (Å²) in [6.45, 7) is 7.12. The van der Waals surface area contributed by atoms with Crippen molar-refractivity contribution in [3.63, 3.8) is 0 Å². The highest BCUT2D eigenvalue weighted by atomic mass is 32.2. The Morgan fingerprint density at radius 2 is 1.61 bits per heavy atom. The Balaban J connectivity index is 2.05. The lowest BCUT2D eigenvalue weighted by Gasteiger charge is -2.41. The molecule has 1 fully saturated rings. The molecule has 1 aliphatic heterocycles. The van der Waals surface area contributed by atoms with Crippen molar-refractivity contribution < 1.29 is 26.7 Å². The third-order valence-electron chi connectivity index (χ3n) is 5.49. The fraction of sp³-hybridized carbons (Fsp3) is 0.435. The number of hydrogen-bond acceptors (Lipinski definition) is 4. The van der Waals surface area contributed by atoms with Gasteiger partial charge in [0.2, 0.25) is 0 Å². The van der Waals surface area contributed by atoms with Crippen molar-refractivity contribution in [2.24, 2.45) is 0 Å². The average Bonchev–Trinajstić information content (AvgIpc) is 2.69. The predicted molar refractivity (Wildman–Crippen MR) is 113 cm³/mol. The molecule has 0 radical (unpaired) electrons. The number of sulfone groups is 1. The maximum Gasteiger partial charge on any atom is 0.410 e. The molecule has 3 rings (SSSR count). The monoisotopic (exact) mass is 451 g/mol. The van der Waals surface area contributed by atoms with Crippen molar-refractivity contribution in [1.82, 2.24) is 4.90 Å². The van der Waals surface area contributed by atoms with E-state index in [4.69, 9.17) is 4.74 Å². The first kappa shape index (κ1) is 23.2. The highest BCUT2D eigenvalue weighted by Gasteiger charge is 2.50. The lowest BCUT2D eigenvalue weighted by Crippen LogP contribution is -2.50. The second-order valence-corrected chi connectivity index (χ2v) is 11.2. The molecular weight excluding hydrogens is 424 g/mol. The Morgan fingerprint density at radius 1 is 1.03 bits per heavy atom. The summed E-state index contributed by atoms with van der Waals surface area (Å²) in [5.74, 6) is -1.51. The van der Waals surface area contributed by atoms with Gasteiger partial charge in [-0.1, -0.05) is 17.7 Å². The van der Waals surface area contributed by atoms with Gasteiger partial charge in [0.1, 0.15) is 22.0 Å². The van der Waals surface area contributed by atoms with E-state index in [-0.39, 0.29) is 36.4 Å². The van der Waals surface area contributed by atoms with Crippen molar-refractivity contribution in [3.05, 3.63) is 65.2 Å². The molecule has 0 unspecified atom stereocenters. The highest BCUT2D eigenvalue weighted by Crippen LogP contribution is 2.45. The fourth-order valence-corrected chi connectivity index (χ4v) is 5.96. The van der Waals surface area contributed by atoms with Crippen LogP contribution in [0.2, 0.25) is 0 Å². The quantitative estimate of drug-likeness (QED) is 0.661. The molecule has 1 aliphatic rings.